The van der Waals surface area contributed by atoms with Crippen LogP contribution in [-0.4, -0.2) is 16.2 Å². The highest BCUT2D eigenvalue weighted by molar-refractivity contribution is 7.12. The van der Waals surface area contributed by atoms with Gasteiger partial charge in [0.25, 0.3) is 0 Å². The molecule has 0 saturated heterocycles. The van der Waals surface area contributed by atoms with Crippen molar-refractivity contribution >= 4 is 16.5 Å². The molecular formula is C5H5N4S. The van der Waals surface area contributed by atoms with Crippen molar-refractivity contribution < 1.29 is 0 Å². The molecule has 0 saturated carbocycles. The lowest BCUT2D eigenvalue weighted by molar-refractivity contribution is 0.979. The summed E-state index contributed by atoms with van der Waals surface area (Å²) in [6, 6.07) is 1.80. The minimum atomic E-state index is -0.221. The normalized spacial score (nSPS) is 12.0. The highest BCUT2D eigenvalue weighted by Gasteiger charge is 2.00. The van der Waals surface area contributed by atoms with Gasteiger partial charge in [-0.05, 0) is 6.92 Å². The Kier molecular flexibility index (Phi) is 2.18. The van der Waals surface area contributed by atoms with E-state index in [0.29, 0.717) is 5.13 Å². The van der Waals surface area contributed by atoms with Gasteiger partial charge in [0.2, 0.25) is 5.13 Å². The Hall–Kier alpha value is -1.15. The van der Waals surface area contributed by atoms with Crippen LogP contribution in [0.2, 0.25) is 0 Å². The number of nitrogens with zero attached hydrogens (tertiary/aromatic N) is 3. The number of aromatic nitrogens is 2. The summed E-state index contributed by atoms with van der Waals surface area (Å²) in [6.07, 6.45) is 0. The Balaban J connectivity index is 2.50. The predicted octanol–water partition coefficient (Wildman–Crippen LogP) is 0.662. The van der Waals surface area contributed by atoms with E-state index in [0.717, 1.165) is 0 Å². The van der Waals surface area contributed by atoms with Crippen LogP contribution in [-0.2, 0) is 0 Å². The van der Waals surface area contributed by atoms with Crippen molar-refractivity contribution in [2.45, 2.75) is 13.0 Å². The molecule has 4 nitrogen and oxygen atoms in total. The molecule has 0 spiro atoms. The molecule has 1 aromatic rings. The van der Waals surface area contributed by atoms with E-state index in [1.807, 2.05) is 6.07 Å². The maximum Gasteiger partial charge on any atom is 0.207 e. The quantitative estimate of drug-likeness (QED) is 0.678. The smallest absolute Gasteiger partial charge is 0.207 e. The fraction of sp³-hybridized carbons (Fsp3) is 0.400. The topological polar surface area (TPSA) is 61.6 Å². The van der Waals surface area contributed by atoms with Crippen LogP contribution in [0.4, 0.5) is 5.13 Å². The van der Waals surface area contributed by atoms with Crippen LogP contribution in [0.1, 0.15) is 6.92 Å². The molecule has 10 heavy (non-hydrogen) atoms. The second kappa shape index (κ2) is 3.13. The number of nitriles is 1. The molecule has 1 rings (SSSR count). The van der Waals surface area contributed by atoms with Gasteiger partial charge in [-0.2, -0.15) is 5.26 Å². The van der Waals surface area contributed by atoms with Gasteiger partial charge in [0.05, 0.1) is 6.07 Å². The summed E-state index contributed by atoms with van der Waals surface area (Å²) in [6.45, 7) is 1.75. The van der Waals surface area contributed by atoms with Crippen molar-refractivity contribution in [1.29, 1.82) is 5.26 Å². The van der Waals surface area contributed by atoms with Gasteiger partial charge in [0.1, 0.15) is 6.04 Å². The fourth-order valence-electron chi connectivity index (χ4n) is 0.426. The Morgan fingerprint density at radius 2 is 2.70 bits per heavy atom. The molecule has 0 fully saturated rings. The first-order valence-corrected chi connectivity index (χ1v) is 3.50. The first-order chi connectivity index (χ1) is 4.83. The van der Waals surface area contributed by atoms with E-state index in [1.54, 1.807) is 6.92 Å². The van der Waals surface area contributed by atoms with Gasteiger partial charge in [-0.25, -0.2) is 0 Å². The molecule has 0 aliphatic heterocycles. The van der Waals surface area contributed by atoms with Crippen LogP contribution in [0.3, 0.4) is 0 Å². The van der Waals surface area contributed by atoms with Gasteiger partial charge in [-0.1, -0.05) is 11.3 Å². The van der Waals surface area contributed by atoms with Crippen molar-refractivity contribution in [3.8, 4) is 6.07 Å². The second-order valence-electron chi connectivity index (χ2n) is 1.69. The molecule has 1 aromatic heterocycles. The van der Waals surface area contributed by atoms with Crippen molar-refractivity contribution in [2.75, 3.05) is 5.32 Å². The molecule has 5 heteroatoms. The third-order valence-electron chi connectivity index (χ3n) is 0.858. The van der Waals surface area contributed by atoms with E-state index in [-0.39, 0.29) is 6.04 Å². The first-order valence-electron chi connectivity index (χ1n) is 2.68. The number of hydrogen-bond donors (Lipinski definition) is 1. The molecule has 1 N–H and O–H groups in total. The van der Waals surface area contributed by atoms with Crippen LogP contribution in [0.5, 0.6) is 0 Å². The molecule has 1 atom stereocenters. The predicted molar refractivity (Wildman–Crippen MR) is 37.4 cm³/mol. The lowest BCUT2D eigenvalue weighted by Gasteiger charge is -1.99. The zero-order chi connectivity index (χ0) is 7.40. The molecule has 0 amide bonds. The Bertz CT molecular complexity index is 224. The summed E-state index contributed by atoms with van der Waals surface area (Å²) in [5, 5.41) is 19.0. The molecule has 0 aliphatic rings. The summed E-state index contributed by atoms with van der Waals surface area (Å²) in [4.78, 5) is 0. The number of anilines is 1. The standard InChI is InChI=1S/C5H5N4S/c1-4(2-6)8-5-9-7-3-10-5/h4H,1H3,(H,8,9). The van der Waals surface area contributed by atoms with E-state index in [2.05, 4.69) is 21.0 Å². The molecule has 1 unspecified atom stereocenters. The molecule has 1 heterocycles. The SMILES string of the molecule is CC(C#N)Nc1nn[c]s1. The summed E-state index contributed by atoms with van der Waals surface area (Å²) >= 11 is 1.26. The van der Waals surface area contributed by atoms with E-state index in [4.69, 9.17) is 5.26 Å². The van der Waals surface area contributed by atoms with E-state index in [1.165, 1.54) is 11.3 Å². The van der Waals surface area contributed by atoms with Crippen molar-refractivity contribution in [2.24, 2.45) is 0 Å². The van der Waals surface area contributed by atoms with Crippen LogP contribution >= 0.6 is 11.3 Å². The summed E-state index contributed by atoms with van der Waals surface area (Å²) in [5.74, 6) is 0. The number of nitrogens with one attached hydrogen (secondary N) is 1. The van der Waals surface area contributed by atoms with Crippen LogP contribution in [0, 0.1) is 16.8 Å². The zero-order valence-electron chi connectivity index (χ0n) is 5.33. The Morgan fingerprint density at radius 3 is 3.20 bits per heavy atom. The molecule has 51 valence electrons. The zero-order valence-corrected chi connectivity index (χ0v) is 6.14. The lowest BCUT2D eigenvalue weighted by atomic mass is 10.4. The Labute approximate surface area is 62.5 Å². The number of hydrogen-bond acceptors (Lipinski definition) is 5. The third-order valence-corrected chi connectivity index (χ3v) is 1.42. The van der Waals surface area contributed by atoms with Gasteiger partial charge < -0.3 is 5.32 Å². The fourth-order valence-corrected chi connectivity index (χ4v) is 0.911. The third kappa shape index (κ3) is 1.67. The van der Waals surface area contributed by atoms with Crippen LogP contribution < -0.4 is 5.32 Å². The van der Waals surface area contributed by atoms with Crippen molar-refractivity contribution in [1.82, 2.24) is 10.2 Å². The molecule has 0 bridgehead atoms. The summed E-state index contributed by atoms with van der Waals surface area (Å²) in [5.41, 5.74) is 2.57. The average molecular weight is 153 g/mol. The highest BCUT2D eigenvalue weighted by Crippen LogP contribution is 2.07. The van der Waals surface area contributed by atoms with E-state index < -0.39 is 0 Å². The summed E-state index contributed by atoms with van der Waals surface area (Å²) in [7, 11) is 0. The molecular weight excluding hydrogens is 148 g/mol. The number of rotatable bonds is 2. The van der Waals surface area contributed by atoms with Crippen LogP contribution in [0.25, 0.3) is 0 Å². The second-order valence-corrected chi connectivity index (χ2v) is 2.47. The van der Waals surface area contributed by atoms with Gasteiger partial charge in [-0.3, -0.25) is 0 Å². The van der Waals surface area contributed by atoms with E-state index >= 15 is 0 Å². The lowest BCUT2D eigenvalue weighted by Crippen LogP contribution is -2.11. The van der Waals surface area contributed by atoms with Gasteiger partial charge in [0.15, 0.2) is 5.51 Å². The average Bonchev–Trinajstić information content (AvgIpc) is 2.40. The van der Waals surface area contributed by atoms with E-state index in [9.17, 15) is 0 Å². The van der Waals surface area contributed by atoms with Gasteiger partial charge >= 0.3 is 0 Å². The largest absolute Gasteiger partial charge is 0.345 e. The minimum Gasteiger partial charge on any atom is -0.345 e. The first kappa shape index (κ1) is 6.96. The minimum absolute atomic E-state index is 0.221. The molecule has 0 aliphatic carbocycles. The molecule has 0 aromatic carbocycles. The maximum atomic E-state index is 8.37. The highest BCUT2D eigenvalue weighted by atomic mass is 32.1. The summed E-state index contributed by atoms with van der Waals surface area (Å²) < 4.78 is 0. The van der Waals surface area contributed by atoms with Crippen molar-refractivity contribution in [3.63, 3.8) is 0 Å². The maximum absolute atomic E-state index is 8.37. The van der Waals surface area contributed by atoms with Crippen LogP contribution in [0.15, 0.2) is 0 Å². The monoisotopic (exact) mass is 153 g/mol. The molecule has 1 radical (unpaired) electrons. The van der Waals surface area contributed by atoms with Gasteiger partial charge in [0, 0.05) is 0 Å². The Morgan fingerprint density at radius 1 is 1.90 bits per heavy atom. The van der Waals surface area contributed by atoms with Crippen molar-refractivity contribution in [3.05, 3.63) is 5.51 Å². The van der Waals surface area contributed by atoms with Gasteiger partial charge in [-0.15, -0.1) is 10.2 Å².